The molecule has 0 unspecified atom stereocenters. The van der Waals surface area contributed by atoms with Crippen LogP contribution >= 0.6 is 11.6 Å². The number of aryl methyl sites for hydroxylation is 1. The molecule has 0 amide bonds. The zero-order chi connectivity index (χ0) is 9.97. The van der Waals surface area contributed by atoms with Crippen LogP contribution in [-0.4, -0.2) is 15.0 Å². The molecule has 2 rings (SSSR count). The summed E-state index contributed by atoms with van der Waals surface area (Å²) in [6.45, 7) is 2.63. The summed E-state index contributed by atoms with van der Waals surface area (Å²) in [4.78, 5) is 0. The Morgan fingerprint density at radius 1 is 1.43 bits per heavy atom. The molecule has 72 valence electrons. The Balaban J connectivity index is 2.18. The SMILES string of the molecule is Cc1cn(Cc2cccc(Cl)c2)nn1. The summed E-state index contributed by atoms with van der Waals surface area (Å²) in [7, 11) is 0. The van der Waals surface area contributed by atoms with E-state index in [9.17, 15) is 0 Å². The highest BCUT2D eigenvalue weighted by molar-refractivity contribution is 6.30. The normalized spacial score (nSPS) is 10.4. The van der Waals surface area contributed by atoms with Gasteiger partial charge in [0.05, 0.1) is 12.2 Å². The molecule has 3 nitrogen and oxygen atoms in total. The van der Waals surface area contributed by atoms with Crippen LogP contribution < -0.4 is 0 Å². The Labute approximate surface area is 87.3 Å². The van der Waals surface area contributed by atoms with Crippen molar-refractivity contribution < 1.29 is 0 Å². The van der Waals surface area contributed by atoms with E-state index < -0.39 is 0 Å². The quantitative estimate of drug-likeness (QED) is 0.757. The fraction of sp³-hybridized carbons (Fsp3) is 0.200. The van der Waals surface area contributed by atoms with Gasteiger partial charge in [-0.25, -0.2) is 4.68 Å². The van der Waals surface area contributed by atoms with Crippen LogP contribution in [0.15, 0.2) is 30.5 Å². The van der Waals surface area contributed by atoms with Crippen LogP contribution in [0.5, 0.6) is 0 Å². The zero-order valence-electron chi connectivity index (χ0n) is 7.81. The molecule has 0 spiro atoms. The summed E-state index contributed by atoms with van der Waals surface area (Å²) in [6.07, 6.45) is 1.90. The minimum absolute atomic E-state index is 0.710. The highest BCUT2D eigenvalue weighted by Crippen LogP contribution is 2.11. The molecule has 0 saturated carbocycles. The molecule has 2 aromatic rings. The van der Waals surface area contributed by atoms with E-state index in [0.29, 0.717) is 6.54 Å². The van der Waals surface area contributed by atoms with E-state index in [2.05, 4.69) is 10.3 Å². The maximum atomic E-state index is 5.87. The molecule has 0 fully saturated rings. The van der Waals surface area contributed by atoms with E-state index in [1.165, 1.54) is 0 Å². The van der Waals surface area contributed by atoms with E-state index in [1.54, 1.807) is 4.68 Å². The highest BCUT2D eigenvalue weighted by atomic mass is 35.5. The Bertz CT molecular complexity index is 436. The number of halogens is 1. The van der Waals surface area contributed by atoms with Crippen LogP contribution in [0.2, 0.25) is 5.02 Å². The number of nitrogens with zero attached hydrogens (tertiary/aromatic N) is 3. The minimum atomic E-state index is 0.710. The van der Waals surface area contributed by atoms with Gasteiger partial charge < -0.3 is 0 Å². The molecule has 0 aliphatic carbocycles. The summed E-state index contributed by atoms with van der Waals surface area (Å²) in [5.41, 5.74) is 2.05. The van der Waals surface area contributed by atoms with E-state index in [4.69, 9.17) is 11.6 Å². The van der Waals surface area contributed by atoms with Gasteiger partial charge in [0.15, 0.2) is 0 Å². The third-order valence-corrected chi connectivity index (χ3v) is 2.12. The second kappa shape index (κ2) is 3.80. The molecule has 1 aromatic heterocycles. The van der Waals surface area contributed by atoms with Gasteiger partial charge in [-0.1, -0.05) is 28.9 Å². The van der Waals surface area contributed by atoms with Crippen molar-refractivity contribution in [2.75, 3.05) is 0 Å². The predicted molar refractivity (Wildman–Crippen MR) is 55.3 cm³/mol. The fourth-order valence-corrected chi connectivity index (χ4v) is 1.51. The van der Waals surface area contributed by atoms with Crippen molar-refractivity contribution in [2.24, 2.45) is 0 Å². The van der Waals surface area contributed by atoms with Crippen molar-refractivity contribution in [3.8, 4) is 0 Å². The van der Waals surface area contributed by atoms with Gasteiger partial charge in [-0.2, -0.15) is 0 Å². The molecule has 14 heavy (non-hydrogen) atoms. The highest BCUT2D eigenvalue weighted by Gasteiger charge is 1.98. The van der Waals surface area contributed by atoms with Crippen LogP contribution in [0, 0.1) is 6.92 Å². The maximum absolute atomic E-state index is 5.87. The Hall–Kier alpha value is -1.35. The lowest BCUT2D eigenvalue weighted by Crippen LogP contribution is -2.00. The maximum Gasteiger partial charge on any atom is 0.0796 e. The second-order valence-corrected chi connectivity index (χ2v) is 3.62. The molecular weight excluding hydrogens is 198 g/mol. The van der Waals surface area contributed by atoms with E-state index in [-0.39, 0.29) is 0 Å². The Morgan fingerprint density at radius 2 is 2.29 bits per heavy atom. The first-order valence-electron chi connectivity index (χ1n) is 4.35. The number of benzene rings is 1. The topological polar surface area (TPSA) is 30.7 Å². The number of hydrogen-bond donors (Lipinski definition) is 0. The van der Waals surface area contributed by atoms with Crippen LogP contribution in [0.1, 0.15) is 11.3 Å². The van der Waals surface area contributed by atoms with Gasteiger partial charge in [0.1, 0.15) is 0 Å². The first-order chi connectivity index (χ1) is 6.74. The summed E-state index contributed by atoms with van der Waals surface area (Å²) in [5.74, 6) is 0. The lowest BCUT2D eigenvalue weighted by Gasteiger charge is -2.00. The van der Waals surface area contributed by atoms with Crippen molar-refractivity contribution >= 4 is 11.6 Å². The van der Waals surface area contributed by atoms with Crippen molar-refractivity contribution in [1.29, 1.82) is 0 Å². The average Bonchev–Trinajstić information content (AvgIpc) is 2.51. The smallest absolute Gasteiger partial charge is 0.0796 e. The number of hydrogen-bond acceptors (Lipinski definition) is 2. The molecule has 0 aliphatic heterocycles. The molecule has 0 N–H and O–H groups in total. The fourth-order valence-electron chi connectivity index (χ4n) is 1.29. The summed E-state index contributed by atoms with van der Waals surface area (Å²) in [6, 6.07) is 7.74. The lowest BCUT2D eigenvalue weighted by atomic mass is 10.2. The largest absolute Gasteiger partial charge is 0.248 e. The monoisotopic (exact) mass is 207 g/mol. The zero-order valence-corrected chi connectivity index (χ0v) is 8.57. The van der Waals surface area contributed by atoms with Crippen molar-refractivity contribution in [3.63, 3.8) is 0 Å². The summed E-state index contributed by atoms with van der Waals surface area (Å²) in [5, 5.41) is 8.63. The van der Waals surface area contributed by atoms with Crippen LogP contribution in [0.25, 0.3) is 0 Å². The van der Waals surface area contributed by atoms with Crippen LogP contribution in [0.3, 0.4) is 0 Å². The van der Waals surface area contributed by atoms with Gasteiger partial charge in [-0.05, 0) is 24.6 Å². The third kappa shape index (κ3) is 2.12. The molecule has 4 heteroatoms. The average molecular weight is 208 g/mol. The molecule has 0 atom stereocenters. The van der Waals surface area contributed by atoms with Crippen LogP contribution in [-0.2, 0) is 6.54 Å². The first kappa shape index (κ1) is 9.21. The molecule has 0 radical (unpaired) electrons. The number of aromatic nitrogens is 3. The predicted octanol–water partition coefficient (Wildman–Crippen LogP) is 2.29. The third-order valence-electron chi connectivity index (χ3n) is 1.89. The second-order valence-electron chi connectivity index (χ2n) is 3.19. The van der Waals surface area contributed by atoms with Crippen LogP contribution in [0.4, 0.5) is 0 Å². The molecule has 0 saturated heterocycles. The molecule has 0 bridgehead atoms. The lowest BCUT2D eigenvalue weighted by molar-refractivity contribution is 0.649. The summed E-state index contributed by atoms with van der Waals surface area (Å²) >= 11 is 5.87. The standard InChI is InChI=1S/C10H10ClN3/c1-8-6-14(13-12-8)7-9-3-2-4-10(11)5-9/h2-6H,7H2,1H3. The molecular formula is C10H10ClN3. The molecule has 1 aromatic carbocycles. The molecule has 1 heterocycles. The van der Waals surface area contributed by atoms with Gasteiger partial charge >= 0.3 is 0 Å². The molecule has 0 aliphatic rings. The van der Waals surface area contributed by atoms with Gasteiger partial charge in [0.25, 0.3) is 0 Å². The van der Waals surface area contributed by atoms with Gasteiger partial charge in [-0.15, -0.1) is 5.10 Å². The van der Waals surface area contributed by atoms with E-state index in [0.717, 1.165) is 16.3 Å². The Kier molecular flexibility index (Phi) is 2.50. The first-order valence-corrected chi connectivity index (χ1v) is 4.73. The minimum Gasteiger partial charge on any atom is -0.248 e. The Morgan fingerprint density at radius 3 is 2.93 bits per heavy atom. The van der Waals surface area contributed by atoms with E-state index >= 15 is 0 Å². The summed E-state index contributed by atoms with van der Waals surface area (Å²) < 4.78 is 1.79. The van der Waals surface area contributed by atoms with Gasteiger partial charge in [0, 0.05) is 11.2 Å². The van der Waals surface area contributed by atoms with Gasteiger partial charge in [0.2, 0.25) is 0 Å². The number of rotatable bonds is 2. The van der Waals surface area contributed by atoms with Crippen molar-refractivity contribution in [2.45, 2.75) is 13.5 Å². The van der Waals surface area contributed by atoms with Crippen molar-refractivity contribution in [1.82, 2.24) is 15.0 Å². The van der Waals surface area contributed by atoms with Gasteiger partial charge in [-0.3, -0.25) is 0 Å². The van der Waals surface area contributed by atoms with Crippen molar-refractivity contribution in [3.05, 3.63) is 46.7 Å². The van der Waals surface area contributed by atoms with E-state index in [1.807, 2.05) is 37.4 Å².